The second kappa shape index (κ2) is 12.4. The molecule has 0 amide bonds. The quantitative estimate of drug-likeness (QED) is 0.269. The number of rotatable bonds is 14. The van der Waals surface area contributed by atoms with E-state index in [0.29, 0.717) is 53.6 Å². The fourth-order valence-corrected chi connectivity index (χ4v) is 8.16. The Morgan fingerprint density at radius 1 is 0.886 bits per heavy atom. The molecule has 0 aliphatic heterocycles. The van der Waals surface area contributed by atoms with Crippen molar-refractivity contribution in [2.75, 3.05) is 23.0 Å². The van der Waals surface area contributed by atoms with Gasteiger partial charge in [-0.05, 0) is 73.0 Å². The van der Waals surface area contributed by atoms with Crippen LogP contribution in [0.3, 0.4) is 0 Å². The topological polar surface area (TPSA) is 91.2 Å². The van der Waals surface area contributed by atoms with Gasteiger partial charge in [0.2, 0.25) is 5.88 Å². The molecule has 8 nitrogen and oxygen atoms in total. The number of nitrogens with zero attached hydrogens (tertiary/aromatic N) is 4. The fourth-order valence-electron chi connectivity index (χ4n) is 4.08. The largest absolute Gasteiger partial charge is 0.493 e. The van der Waals surface area contributed by atoms with Crippen LogP contribution in [0.5, 0.6) is 5.88 Å². The van der Waals surface area contributed by atoms with Gasteiger partial charge in [-0.15, -0.1) is 12.6 Å². The Balaban J connectivity index is 1.82. The smallest absolute Gasteiger partial charge is 0.331 e. The molecule has 0 bridgehead atoms. The van der Waals surface area contributed by atoms with Crippen molar-refractivity contribution in [3.63, 3.8) is 0 Å². The Kier molecular flexibility index (Phi) is 10.7. The number of imidazole rings is 2. The van der Waals surface area contributed by atoms with Crippen molar-refractivity contribution >= 4 is 46.4 Å². The summed E-state index contributed by atoms with van der Waals surface area (Å²) >= 11 is 10.1. The Morgan fingerprint density at radius 3 is 1.80 bits per heavy atom. The van der Waals surface area contributed by atoms with Crippen LogP contribution in [0, 0.1) is 4.77 Å². The number of hydrogen-bond donors (Lipinski definition) is 2. The molecule has 0 aromatic carbocycles. The third kappa shape index (κ3) is 7.45. The van der Waals surface area contributed by atoms with Crippen molar-refractivity contribution in [1.29, 1.82) is 0 Å². The molecule has 2 rings (SSSR count). The van der Waals surface area contributed by atoms with Crippen LogP contribution in [0.2, 0.25) is 0 Å². The summed E-state index contributed by atoms with van der Waals surface area (Å²) in [6.07, 6.45) is 5.16. The van der Waals surface area contributed by atoms with Crippen LogP contribution in [-0.4, -0.2) is 54.8 Å². The van der Waals surface area contributed by atoms with Crippen molar-refractivity contribution in [1.82, 2.24) is 18.3 Å². The Hall–Kier alpha value is -1.11. The van der Waals surface area contributed by atoms with Gasteiger partial charge in [0.15, 0.2) is 4.77 Å². The summed E-state index contributed by atoms with van der Waals surface area (Å²) in [5.41, 5.74) is -1.23. The van der Waals surface area contributed by atoms with E-state index >= 15 is 0 Å². The first kappa shape index (κ1) is 30.1. The van der Waals surface area contributed by atoms with Crippen LogP contribution < -0.4 is 5.69 Å². The lowest BCUT2D eigenvalue weighted by molar-refractivity contribution is 0.285. The zero-order chi connectivity index (χ0) is 26.6. The second-order valence-corrected chi connectivity index (χ2v) is 14.2. The molecule has 2 aromatic heterocycles. The number of aromatic nitrogens is 4. The van der Waals surface area contributed by atoms with E-state index in [9.17, 15) is 18.3 Å². The highest BCUT2D eigenvalue weighted by atomic mass is 32.2. The molecular weight excluding hydrogens is 525 g/mol. The van der Waals surface area contributed by atoms with Crippen molar-refractivity contribution < 1.29 is 13.5 Å². The predicted molar refractivity (Wildman–Crippen MR) is 150 cm³/mol. The van der Waals surface area contributed by atoms with Crippen molar-refractivity contribution in [2.45, 2.75) is 90.0 Å². The third-order valence-corrected chi connectivity index (χ3v) is 9.93. The molecule has 2 heterocycles. The molecule has 2 unspecified atom stereocenters. The predicted octanol–water partition coefficient (Wildman–Crippen LogP) is 3.85. The summed E-state index contributed by atoms with van der Waals surface area (Å²) in [6.45, 7) is 13.0. The lowest BCUT2D eigenvalue weighted by atomic mass is 10.0. The SMILES string of the molecule is CCn1cc(O)n(C(C)(C)CCS(=O)CCCS(=O)CCC(C)(C)n2c(S)cn(CC)c2=S)c1=O. The van der Waals surface area contributed by atoms with Gasteiger partial charge in [-0.3, -0.25) is 17.6 Å². The molecule has 0 saturated heterocycles. The van der Waals surface area contributed by atoms with Crippen LogP contribution in [0.15, 0.2) is 22.2 Å². The van der Waals surface area contributed by atoms with Crippen LogP contribution in [-0.2, 0) is 45.8 Å². The molecule has 35 heavy (non-hydrogen) atoms. The summed E-state index contributed by atoms with van der Waals surface area (Å²) < 4.78 is 32.7. The third-order valence-electron chi connectivity index (χ3n) is 6.39. The van der Waals surface area contributed by atoms with Gasteiger partial charge in [-0.1, -0.05) is 0 Å². The minimum Gasteiger partial charge on any atom is -0.493 e. The molecule has 2 aromatic rings. The highest BCUT2D eigenvalue weighted by molar-refractivity contribution is 7.85. The molecule has 0 spiro atoms. The zero-order valence-corrected chi connectivity index (χ0v) is 25.0. The van der Waals surface area contributed by atoms with Crippen LogP contribution >= 0.6 is 24.8 Å². The van der Waals surface area contributed by atoms with Gasteiger partial charge < -0.3 is 14.2 Å². The maximum absolute atomic E-state index is 12.6. The Labute approximate surface area is 224 Å². The number of aromatic hydroxyl groups is 1. The van der Waals surface area contributed by atoms with E-state index in [1.165, 1.54) is 15.3 Å². The van der Waals surface area contributed by atoms with Crippen LogP contribution in [0.1, 0.15) is 60.8 Å². The molecule has 0 radical (unpaired) electrons. The van der Waals surface area contributed by atoms with Crippen molar-refractivity contribution in [3.8, 4) is 5.88 Å². The molecule has 200 valence electrons. The number of thiol groups is 1. The zero-order valence-electron chi connectivity index (χ0n) is 21.7. The van der Waals surface area contributed by atoms with Crippen molar-refractivity contribution in [3.05, 3.63) is 27.6 Å². The van der Waals surface area contributed by atoms with E-state index in [1.54, 1.807) is 0 Å². The molecule has 1 N–H and O–H groups in total. The van der Waals surface area contributed by atoms with E-state index in [4.69, 9.17) is 12.2 Å². The van der Waals surface area contributed by atoms with Crippen molar-refractivity contribution in [2.24, 2.45) is 0 Å². The first-order valence-corrected chi connectivity index (χ1v) is 15.8. The first-order valence-electron chi connectivity index (χ1n) is 12.0. The highest BCUT2D eigenvalue weighted by Gasteiger charge is 2.28. The van der Waals surface area contributed by atoms with Gasteiger partial charge in [0, 0.05) is 75.0 Å². The van der Waals surface area contributed by atoms with E-state index in [0.717, 1.165) is 11.6 Å². The van der Waals surface area contributed by atoms with Gasteiger partial charge in [0.1, 0.15) is 0 Å². The highest BCUT2D eigenvalue weighted by Crippen LogP contribution is 2.27. The van der Waals surface area contributed by atoms with Crippen LogP contribution in [0.4, 0.5) is 0 Å². The average Bonchev–Trinajstić information content (AvgIpc) is 3.24. The molecule has 0 aliphatic carbocycles. The number of aryl methyl sites for hydroxylation is 2. The standard InChI is InChI=1S/C23H40N4O4S4/c1-7-24-16-18(28)26(20(24)29)22(3,4)10-14-34(30)12-9-13-35(31)15-11-23(5,6)27-19(32)17-25(8-2)21(27)33/h16-17,28,32H,7-15H2,1-6H3. The summed E-state index contributed by atoms with van der Waals surface area (Å²) in [7, 11) is -2.10. The van der Waals surface area contributed by atoms with Gasteiger partial charge in [0.05, 0.1) is 11.2 Å². The summed E-state index contributed by atoms with van der Waals surface area (Å²) in [5.74, 6) is 1.83. The van der Waals surface area contributed by atoms with Gasteiger partial charge in [-0.25, -0.2) is 4.79 Å². The first-order chi connectivity index (χ1) is 16.2. The summed E-state index contributed by atoms with van der Waals surface area (Å²) in [5, 5.41) is 11.0. The minimum absolute atomic E-state index is 0.0800. The minimum atomic E-state index is -1.09. The van der Waals surface area contributed by atoms with E-state index in [1.807, 2.05) is 43.0 Å². The van der Waals surface area contributed by atoms with Gasteiger partial charge >= 0.3 is 5.69 Å². The maximum atomic E-state index is 12.6. The molecule has 0 saturated carbocycles. The Morgan fingerprint density at radius 2 is 1.37 bits per heavy atom. The average molecular weight is 565 g/mol. The monoisotopic (exact) mass is 564 g/mol. The van der Waals surface area contributed by atoms with E-state index < -0.39 is 27.1 Å². The summed E-state index contributed by atoms with van der Waals surface area (Å²) in [4.78, 5) is 12.5. The Bertz CT molecular complexity index is 1080. The van der Waals surface area contributed by atoms with Crippen LogP contribution in [0.25, 0.3) is 0 Å². The van der Waals surface area contributed by atoms with E-state index in [-0.39, 0.29) is 17.1 Å². The maximum Gasteiger partial charge on any atom is 0.331 e. The molecule has 2 atom stereocenters. The molecule has 0 fully saturated rings. The molecular formula is C23H40N4O4S4. The second-order valence-electron chi connectivity index (χ2n) is 9.96. The summed E-state index contributed by atoms with van der Waals surface area (Å²) in [6, 6.07) is 0. The lowest BCUT2D eigenvalue weighted by Crippen LogP contribution is -2.38. The van der Waals surface area contributed by atoms with Gasteiger partial charge in [0.25, 0.3) is 0 Å². The molecule has 0 aliphatic rings. The normalized spacial score (nSPS) is 14.4. The number of hydrogen-bond acceptors (Lipinski definition) is 6. The van der Waals surface area contributed by atoms with Gasteiger partial charge in [-0.2, -0.15) is 0 Å². The van der Waals surface area contributed by atoms with E-state index in [2.05, 4.69) is 26.5 Å². The fraction of sp³-hybridized carbons (Fsp3) is 0.739. The molecule has 12 heteroatoms. The lowest BCUT2D eigenvalue weighted by Gasteiger charge is -2.28.